The van der Waals surface area contributed by atoms with Crippen LogP contribution in [0.4, 0.5) is 5.69 Å². The summed E-state index contributed by atoms with van der Waals surface area (Å²) in [5.41, 5.74) is 6.68. The molecule has 4 nitrogen and oxygen atoms in total. The molecule has 0 fully saturated rings. The molecule has 0 radical (unpaired) electrons. The van der Waals surface area contributed by atoms with E-state index in [4.69, 9.17) is 5.73 Å². The molecule has 84 valence electrons. The maximum Gasteiger partial charge on any atom is 0.138 e. The van der Waals surface area contributed by atoms with Crippen molar-refractivity contribution in [3.05, 3.63) is 36.4 Å². The fourth-order valence-corrected chi connectivity index (χ4v) is 2.34. The number of aryl methyl sites for hydroxylation is 1. The van der Waals surface area contributed by atoms with Gasteiger partial charge >= 0.3 is 0 Å². The predicted molar refractivity (Wildman–Crippen MR) is 66.1 cm³/mol. The van der Waals surface area contributed by atoms with Gasteiger partial charge in [0.15, 0.2) is 0 Å². The Morgan fingerprint density at radius 3 is 2.94 bits per heavy atom. The molecule has 2 aromatic rings. The van der Waals surface area contributed by atoms with E-state index >= 15 is 0 Å². The molecule has 0 aliphatic rings. The number of nitrogens with two attached hydrogens (primary N) is 1. The van der Waals surface area contributed by atoms with E-state index in [0.717, 1.165) is 28.7 Å². The van der Waals surface area contributed by atoms with Gasteiger partial charge in [0, 0.05) is 17.1 Å². The topological polar surface area (TPSA) is 56.7 Å². The van der Waals surface area contributed by atoms with Gasteiger partial charge in [0.25, 0.3) is 0 Å². The number of anilines is 1. The zero-order valence-corrected chi connectivity index (χ0v) is 9.94. The highest BCUT2D eigenvalue weighted by atomic mass is 32.2. The van der Waals surface area contributed by atoms with Crippen LogP contribution in [0, 0.1) is 0 Å². The molecule has 0 unspecified atom stereocenters. The summed E-state index contributed by atoms with van der Waals surface area (Å²) >= 11 is 1.69. The van der Waals surface area contributed by atoms with E-state index in [9.17, 15) is 0 Å². The molecule has 1 aromatic carbocycles. The second kappa shape index (κ2) is 5.03. The Labute approximate surface area is 98.9 Å². The van der Waals surface area contributed by atoms with Crippen LogP contribution in [-0.4, -0.2) is 14.8 Å². The molecule has 2 rings (SSSR count). The molecule has 0 aliphatic carbocycles. The summed E-state index contributed by atoms with van der Waals surface area (Å²) in [5.74, 6) is 1.78. The summed E-state index contributed by atoms with van der Waals surface area (Å²) < 4.78 is 1.89. The van der Waals surface area contributed by atoms with Gasteiger partial charge in [0.1, 0.15) is 12.2 Å². The van der Waals surface area contributed by atoms with Gasteiger partial charge < -0.3 is 5.73 Å². The Kier molecular flexibility index (Phi) is 3.46. The number of thioether (sulfide) groups is 1. The standard InChI is InChI=1S/C11H14N4S/c1-2-15-11(13-8-14-15)7-16-10-6-4-3-5-9(10)12/h3-6,8H,2,7,12H2,1H3. The number of rotatable bonds is 4. The molecule has 5 heteroatoms. The summed E-state index contributed by atoms with van der Waals surface area (Å²) in [6.45, 7) is 2.90. The zero-order chi connectivity index (χ0) is 11.4. The SMILES string of the molecule is CCn1ncnc1CSc1ccccc1N. The third-order valence-electron chi connectivity index (χ3n) is 2.27. The minimum atomic E-state index is 0.794. The predicted octanol–water partition coefficient (Wildman–Crippen LogP) is 2.17. The minimum absolute atomic E-state index is 0.794. The molecule has 1 heterocycles. The first-order valence-electron chi connectivity index (χ1n) is 5.15. The molecule has 0 atom stereocenters. The summed E-state index contributed by atoms with van der Waals surface area (Å²) in [6.07, 6.45) is 1.59. The van der Waals surface area contributed by atoms with Crippen LogP contribution in [0.3, 0.4) is 0 Å². The average Bonchev–Trinajstić information content (AvgIpc) is 2.75. The largest absolute Gasteiger partial charge is 0.398 e. The third-order valence-corrected chi connectivity index (χ3v) is 3.36. The van der Waals surface area contributed by atoms with Crippen molar-refractivity contribution in [3.8, 4) is 0 Å². The van der Waals surface area contributed by atoms with Crippen LogP contribution >= 0.6 is 11.8 Å². The first-order valence-corrected chi connectivity index (χ1v) is 6.13. The number of hydrogen-bond donors (Lipinski definition) is 1. The van der Waals surface area contributed by atoms with Crippen molar-refractivity contribution in [2.24, 2.45) is 0 Å². The molecular weight excluding hydrogens is 220 g/mol. The Morgan fingerprint density at radius 2 is 2.19 bits per heavy atom. The lowest BCUT2D eigenvalue weighted by Gasteiger charge is -2.05. The smallest absolute Gasteiger partial charge is 0.138 e. The molecule has 0 spiro atoms. The van der Waals surface area contributed by atoms with E-state index in [1.807, 2.05) is 28.9 Å². The maximum absolute atomic E-state index is 5.87. The van der Waals surface area contributed by atoms with Gasteiger partial charge in [-0.05, 0) is 19.1 Å². The molecule has 0 aliphatic heterocycles. The molecule has 0 saturated heterocycles. The van der Waals surface area contributed by atoms with Crippen molar-refractivity contribution < 1.29 is 0 Å². The summed E-state index contributed by atoms with van der Waals surface area (Å²) in [4.78, 5) is 5.31. The van der Waals surface area contributed by atoms with E-state index in [2.05, 4.69) is 17.0 Å². The first kappa shape index (κ1) is 11.0. The van der Waals surface area contributed by atoms with Gasteiger partial charge in [-0.15, -0.1) is 11.8 Å². The summed E-state index contributed by atoms with van der Waals surface area (Å²) in [6, 6.07) is 7.86. The van der Waals surface area contributed by atoms with Crippen molar-refractivity contribution in [1.82, 2.24) is 14.8 Å². The number of hydrogen-bond acceptors (Lipinski definition) is 4. The van der Waals surface area contributed by atoms with E-state index in [-0.39, 0.29) is 0 Å². The minimum Gasteiger partial charge on any atom is -0.398 e. The van der Waals surface area contributed by atoms with Crippen molar-refractivity contribution in [2.45, 2.75) is 24.1 Å². The number of benzene rings is 1. The van der Waals surface area contributed by atoms with Crippen molar-refractivity contribution in [2.75, 3.05) is 5.73 Å². The van der Waals surface area contributed by atoms with Gasteiger partial charge in [-0.1, -0.05) is 12.1 Å². The number of para-hydroxylation sites is 1. The lowest BCUT2D eigenvalue weighted by molar-refractivity contribution is 0.632. The van der Waals surface area contributed by atoms with Gasteiger partial charge in [0.05, 0.1) is 5.75 Å². The van der Waals surface area contributed by atoms with Gasteiger partial charge in [0.2, 0.25) is 0 Å². The Balaban J connectivity index is 2.05. The van der Waals surface area contributed by atoms with E-state index in [1.54, 1.807) is 18.1 Å². The van der Waals surface area contributed by atoms with E-state index < -0.39 is 0 Å². The van der Waals surface area contributed by atoms with Crippen molar-refractivity contribution in [3.63, 3.8) is 0 Å². The van der Waals surface area contributed by atoms with Crippen LogP contribution in [0.1, 0.15) is 12.7 Å². The first-order chi connectivity index (χ1) is 7.81. The average molecular weight is 234 g/mol. The summed E-state index contributed by atoms with van der Waals surface area (Å²) in [5, 5.41) is 4.13. The highest BCUT2D eigenvalue weighted by molar-refractivity contribution is 7.98. The molecule has 0 amide bonds. The second-order valence-corrected chi connectivity index (χ2v) is 4.34. The Morgan fingerprint density at radius 1 is 1.38 bits per heavy atom. The highest BCUT2D eigenvalue weighted by Crippen LogP contribution is 2.26. The Bertz CT molecular complexity index is 467. The van der Waals surface area contributed by atoms with Crippen LogP contribution in [-0.2, 0) is 12.3 Å². The quantitative estimate of drug-likeness (QED) is 0.650. The highest BCUT2D eigenvalue weighted by Gasteiger charge is 2.04. The van der Waals surface area contributed by atoms with Crippen molar-refractivity contribution >= 4 is 17.4 Å². The molecule has 0 saturated carbocycles. The van der Waals surface area contributed by atoms with Gasteiger partial charge in [-0.25, -0.2) is 9.67 Å². The number of nitrogens with zero attached hydrogens (tertiary/aromatic N) is 3. The van der Waals surface area contributed by atoms with Crippen LogP contribution in [0.5, 0.6) is 0 Å². The lowest BCUT2D eigenvalue weighted by Crippen LogP contribution is -2.02. The second-order valence-electron chi connectivity index (χ2n) is 3.32. The van der Waals surface area contributed by atoms with Crippen LogP contribution < -0.4 is 5.73 Å². The Hall–Kier alpha value is -1.49. The third kappa shape index (κ3) is 2.36. The molecule has 16 heavy (non-hydrogen) atoms. The molecular formula is C11H14N4S. The monoisotopic (exact) mass is 234 g/mol. The normalized spacial score (nSPS) is 10.6. The number of aromatic nitrogens is 3. The van der Waals surface area contributed by atoms with Crippen molar-refractivity contribution in [1.29, 1.82) is 0 Å². The van der Waals surface area contributed by atoms with Crippen LogP contribution in [0.25, 0.3) is 0 Å². The fourth-order valence-electron chi connectivity index (χ4n) is 1.42. The zero-order valence-electron chi connectivity index (χ0n) is 9.13. The molecule has 0 bridgehead atoms. The maximum atomic E-state index is 5.87. The molecule has 2 N–H and O–H groups in total. The number of nitrogen functional groups attached to an aromatic ring is 1. The van der Waals surface area contributed by atoms with Crippen LogP contribution in [0.15, 0.2) is 35.5 Å². The van der Waals surface area contributed by atoms with E-state index in [1.165, 1.54) is 0 Å². The van der Waals surface area contributed by atoms with Crippen LogP contribution in [0.2, 0.25) is 0 Å². The van der Waals surface area contributed by atoms with E-state index in [0.29, 0.717) is 0 Å². The summed E-state index contributed by atoms with van der Waals surface area (Å²) in [7, 11) is 0. The lowest BCUT2D eigenvalue weighted by atomic mass is 10.3. The van der Waals surface area contributed by atoms with Gasteiger partial charge in [-0.3, -0.25) is 0 Å². The van der Waals surface area contributed by atoms with Gasteiger partial charge in [-0.2, -0.15) is 5.10 Å². The fraction of sp³-hybridized carbons (Fsp3) is 0.273. The molecule has 1 aromatic heterocycles.